The number of hydrogen-bond acceptors (Lipinski definition) is 5. The minimum Gasteiger partial charge on any atom is -0.353 e. The van der Waals surface area contributed by atoms with Crippen LogP contribution >= 0.6 is 0 Å². The molecule has 7 heteroatoms. The first-order valence-corrected chi connectivity index (χ1v) is 8.58. The molecule has 128 valence electrons. The lowest BCUT2D eigenvalue weighted by Crippen LogP contribution is -2.43. The van der Waals surface area contributed by atoms with Crippen molar-refractivity contribution in [1.82, 2.24) is 25.5 Å². The van der Waals surface area contributed by atoms with Crippen LogP contribution in [-0.2, 0) is 4.79 Å². The first-order chi connectivity index (χ1) is 11.7. The van der Waals surface area contributed by atoms with E-state index in [0.717, 1.165) is 44.0 Å². The van der Waals surface area contributed by atoms with E-state index < -0.39 is 0 Å². The van der Waals surface area contributed by atoms with E-state index in [1.165, 1.54) is 0 Å². The molecule has 1 aliphatic heterocycles. The Morgan fingerprint density at radius 2 is 2.00 bits per heavy atom. The summed E-state index contributed by atoms with van der Waals surface area (Å²) in [5.41, 5.74) is 0.939. The third kappa shape index (κ3) is 3.55. The van der Waals surface area contributed by atoms with Gasteiger partial charge in [-0.25, -0.2) is 0 Å². The van der Waals surface area contributed by atoms with Crippen LogP contribution in [-0.4, -0.2) is 45.2 Å². The van der Waals surface area contributed by atoms with Crippen LogP contribution in [0.15, 0.2) is 30.3 Å². The molecule has 2 heterocycles. The van der Waals surface area contributed by atoms with Crippen LogP contribution in [0.5, 0.6) is 0 Å². The summed E-state index contributed by atoms with van der Waals surface area (Å²) < 4.78 is 1.75. The molecule has 1 N–H and O–H groups in total. The summed E-state index contributed by atoms with van der Waals surface area (Å²) in [6, 6.07) is 10.1. The number of nitrogens with zero attached hydrogens (tertiary/aromatic N) is 5. The Labute approximate surface area is 142 Å². The number of piperidine rings is 1. The Kier molecular flexibility index (Phi) is 5.08. The van der Waals surface area contributed by atoms with Crippen LogP contribution in [0.4, 0.5) is 5.95 Å². The molecule has 7 nitrogen and oxygen atoms in total. The molecule has 2 aromatic rings. The smallest absolute Gasteiger partial charge is 0.250 e. The number of tetrazole rings is 1. The standard InChI is InChI=1S/C17H24N6O/c1-3-13(2)18-16(24)14-9-11-22(12-10-14)17-19-20-21-23(17)15-7-5-4-6-8-15/h4-8,13-14H,3,9-12H2,1-2H3,(H,18,24). The minimum absolute atomic E-state index is 0.0799. The fourth-order valence-corrected chi connectivity index (χ4v) is 2.92. The van der Waals surface area contributed by atoms with Crippen molar-refractivity contribution in [2.24, 2.45) is 5.92 Å². The van der Waals surface area contributed by atoms with E-state index >= 15 is 0 Å². The number of anilines is 1. The lowest BCUT2D eigenvalue weighted by atomic mass is 9.95. The average molecular weight is 328 g/mol. The first-order valence-electron chi connectivity index (χ1n) is 8.58. The van der Waals surface area contributed by atoms with E-state index in [1.807, 2.05) is 37.3 Å². The van der Waals surface area contributed by atoms with Crippen LogP contribution in [0, 0.1) is 5.92 Å². The number of aromatic nitrogens is 4. The molecule has 1 fully saturated rings. The van der Waals surface area contributed by atoms with Crippen molar-refractivity contribution in [3.05, 3.63) is 30.3 Å². The predicted molar refractivity (Wildman–Crippen MR) is 92.0 cm³/mol. The van der Waals surface area contributed by atoms with Gasteiger partial charge in [-0.2, -0.15) is 4.68 Å². The van der Waals surface area contributed by atoms with Gasteiger partial charge in [0.15, 0.2) is 0 Å². The van der Waals surface area contributed by atoms with E-state index in [4.69, 9.17) is 0 Å². The highest BCUT2D eigenvalue weighted by Gasteiger charge is 2.28. The maximum absolute atomic E-state index is 12.3. The van der Waals surface area contributed by atoms with Gasteiger partial charge in [-0.1, -0.05) is 30.2 Å². The summed E-state index contributed by atoms with van der Waals surface area (Å²) in [7, 11) is 0. The number of rotatable bonds is 5. The van der Waals surface area contributed by atoms with Crippen LogP contribution < -0.4 is 10.2 Å². The van der Waals surface area contributed by atoms with E-state index in [9.17, 15) is 4.79 Å². The number of benzene rings is 1. The van der Waals surface area contributed by atoms with Crippen LogP contribution in [0.1, 0.15) is 33.1 Å². The van der Waals surface area contributed by atoms with Crippen molar-refractivity contribution < 1.29 is 4.79 Å². The molecule has 0 radical (unpaired) electrons. The molecule has 1 amide bonds. The SMILES string of the molecule is CCC(C)NC(=O)C1CCN(c2nnnn2-c2ccccc2)CC1. The molecule has 1 aromatic carbocycles. The van der Waals surface area contributed by atoms with Gasteiger partial charge in [0, 0.05) is 25.0 Å². The second kappa shape index (κ2) is 7.42. The van der Waals surface area contributed by atoms with Crippen LogP contribution in [0.3, 0.4) is 0 Å². The van der Waals surface area contributed by atoms with Crippen molar-refractivity contribution in [3.8, 4) is 5.69 Å². The third-order valence-electron chi connectivity index (χ3n) is 4.60. The highest BCUT2D eigenvalue weighted by Crippen LogP contribution is 2.23. The molecule has 1 aliphatic rings. The summed E-state index contributed by atoms with van der Waals surface area (Å²) in [5, 5.41) is 15.2. The van der Waals surface area contributed by atoms with Gasteiger partial charge in [-0.05, 0) is 48.7 Å². The number of amides is 1. The second-order valence-electron chi connectivity index (χ2n) is 6.31. The Balaban J connectivity index is 1.64. The highest BCUT2D eigenvalue weighted by molar-refractivity contribution is 5.79. The van der Waals surface area contributed by atoms with Gasteiger partial charge >= 0.3 is 0 Å². The normalized spacial score (nSPS) is 16.8. The summed E-state index contributed by atoms with van der Waals surface area (Å²) in [6.45, 7) is 5.69. The van der Waals surface area contributed by atoms with E-state index in [1.54, 1.807) is 4.68 Å². The minimum atomic E-state index is 0.0799. The summed E-state index contributed by atoms with van der Waals surface area (Å²) >= 11 is 0. The fourth-order valence-electron chi connectivity index (χ4n) is 2.92. The maximum Gasteiger partial charge on any atom is 0.250 e. The molecular formula is C17H24N6O. The van der Waals surface area contributed by atoms with Gasteiger partial charge in [0.2, 0.25) is 11.9 Å². The highest BCUT2D eigenvalue weighted by atomic mass is 16.1. The summed E-state index contributed by atoms with van der Waals surface area (Å²) in [6.07, 6.45) is 2.60. The lowest BCUT2D eigenvalue weighted by molar-refractivity contribution is -0.126. The zero-order chi connectivity index (χ0) is 16.9. The molecular weight excluding hydrogens is 304 g/mol. The molecule has 1 unspecified atom stereocenters. The van der Waals surface area contributed by atoms with Gasteiger partial charge in [0.05, 0.1) is 5.69 Å². The van der Waals surface area contributed by atoms with E-state index in [2.05, 4.69) is 32.7 Å². The lowest BCUT2D eigenvalue weighted by Gasteiger charge is -2.31. The molecule has 0 spiro atoms. The topological polar surface area (TPSA) is 75.9 Å². The number of hydrogen-bond donors (Lipinski definition) is 1. The number of nitrogens with one attached hydrogen (secondary N) is 1. The van der Waals surface area contributed by atoms with Gasteiger partial charge in [-0.15, -0.1) is 0 Å². The van der Waals surface area contributed by atoms with Gasteiger partial charge < -0.3 is 10.2 Å². The van der Waals surface area contributed by atoms with Crippen molar-refractivity contribution in [3.63, 3.8) is 0 Å². The van der Waals surface area contributed by atoms with Gasteiger partial charge in [0.1, 0.15) is 0 Å². The van der Waals surface area contributed by atoms with Crippen molar-refractivity contribution >= 4 is 11.9 Å². The van der Waals surface area contributed by atoms with Gasteiger partial charge in [0.25, 0.3) is 0 Å². The molecule has 0 bridgehead atoms. The van der Waals surface area contributed by atoms with Crippen molar-refractivity contribution in [1.29, 1.82) is 0 Å². The van der Waals surface area contributed by atoms with Crippen molar-refractivity contribution in [2.75, 3.05) is 18.0 Å². The second-order valence-corrected chi connectivity index (χ2v) is 6.31. The maximum atomic E-state index is 12.3. The molecule has 1 atom stereocenters. The zero-order valence-electron chi connectivity index (χ0n) is 14.2. The summed E-state index contributed by atoms with van der Waals surface area (Å²) in [5.74, 6) is 0.991. The van der Waals surface area contributed by atoms with Gasteiger partial charge in [-0.3, -0.25) is 4.79 Å². The Hall–Kier alpha value is -2.44. The molecule has 1 saturated heterocycles. The number of carbonyl (C=O) groups excluding carboxylic acids is 1. The van der Waals surface area contributed by atoms with Crippen molar-refractivity contribution in [2.45, 2.75) is 39.2 Å². The average Bonchev–Trinajstić information content (AvgIpc) is 3.12. The summed E-state index contributed by atoms with van der Waals surface area (Å²) in [4.78, 5) is 14.4. The zero-order valence-corrected chi connectivity index (χ0v) is 14.2. The predicted octanol–water partition coefficient (Wildman–Crippen LogP) is 1.79. The molecule has 0 saturated carbocycles. The number of carbonyl (C=O) groups is 1. The quantitative estimate of drug-likeness (QED) is 0.905. The Bertz CT molecular complexity index is 663. The third-order valence-corrected chi connectivity index (χ3v) is 4.60. The van der Waals surface area contributed by atoms with E-state index in [-0.39, 0.29) is 17.9 Å². The van der Waals surface area contributed by atoms with Crippen LogP contribution in [0.2, 0.25) is 0 Å². The van der Waals surface area contributed by atoms with Crippen LogP contribution in [0.25, 0.3) is 5.69 Å². The Morgan fingerprint density at radius 3 is 2.67 bits per heavy atom. The monoisotopic (exact) mass is 328 g/mol. The number of para-hydroxylation sites is 1. The molecule has 1 aromatic heterocycles. The van der Waals surface area contributed by atoms with E-state index in [0.29, 0.717) is 0 Å². The molecule has 3 rings (SSSR count). The molecule has 0 aliphatic carbocycles. The molecule has 24 heavy (non-hydrogen) atoms. The Morgan fingerprint density at radius 1 is 1.29 bits per heavy atom. The fraction of sp³-hybridized carbons (Fsp3) is 0.529. The first kappa shape index (κ1) is 16.4. The largest absolute Gasteiger partial charge is 0.353 e.